The lowest BCUT2D eigenvalue weighted by Crippen LogP contribution is -2.41. The molecule has 1 aromatic carbocycles. The number of nitrogen functional groups attached to an aromatic ring is 1. The first-order chi connectivity index (χ1) is 10.3. The van der Waals surface area contributed by atoms with Crippen LogP contribution in [0.25, 0.3) is 0 Å². The van der Waals surface area contributed by atoms with Crippen molar-refractivity contribution < 1.29 is 4.79 Å². The number of benzene rings is 1. The fourth-order valence-corrected chi connectivity index (χ4v) is 3.47. The molecule has 1 atom stereocenters. The van der Waals surface area contributed by atoms with Gasteiger partial charge in [-0.3, -0.25) is 15.5 Å². The summed E-state index contributed by atoms with van der Waals surface area (Å²) in [4.78, 5) is 17.2. The Morgan fingerprint density at radius 2 is 1.90 bits per heavy atom. The minimum atomic E-state index is 0.0862. The number of hydrogen-bond donors (Lipinski definition) is 2. The topological polar surface area (TPSA) is 61.6 Å². The molecule has 3 rings (SSSR count). The van der Waals surface area contributed by atoms with Crippen molar-refractivity contribution in [3.8, 4) is 0 Å². The van der Waals surface area contributed by atoms with Gasteiger partial charge in [0.15, 0.2) is 0 Å². The number of nitrogens with two attached hydrogens (primary N) is 1. The number of hydrazine groups is 1. The summed E-state index contributed by atoms with van der Waals surface area (Å²) in [5.41, 5.74) is 3.98. The Balaban J connectivity index is 1.66. The summed E-state index contributed by atoms with van der Waals surface area (Å²) in [6.07, 6.45) is 5.03. The van der Waals surface area contributed by atoms with E-state index in [9.17, 15) is 4.79 Å². The molecule has 5 nitrogen and oxygen atoms in total. The van der Waals surface area contributed by atoms with Gasteiger partial charge in [-0.2, -0.15) is 0 Å². The molecule has 2 heterocycles. The normalized spacial score (nSPS) is 23.3. The van der Waals surface area contributed by atoms with Gasteiger partial charge in [-0.15, -0.1) is 0 Å². The Bertz CT molecular complexity index is 499. The average Bonchev–Trinajstić information content (AvgIpc) is 3.05. The van der Waals surface area contributed by atoms with Gasteiger partial charge in [0, 0.05) is 19.1 Å². The minimum Gasteiger partial charge on any atom is -0.337 e. The fraction of sp³-hybridized carbons (Fsp3) is 0.562. The quantitative estimate of drug-likeness (QED) is 0.656. The first-order valence-corrected chi connectivity index (χ1v) is 7.88. The van der Waals surface area contributed by atoms with Gasteiger partial charge < -0.3 is 10.3 Å². The molecule has 0 bridgehead atoms. The highest BCUT2D eigenvalue weighted by Crippen LogP contribution is 2.23. The zero-order chi connectivity index (χ0) is 14.7. The molecule has 21 heavy (non-hydrogen) atoms. The first-order valence-electron chi connectivity index (χ1n) is 7.88. The van der Waals surface area contributed by atoms with Gasteiger partial charge in [-0.1, -0.05) is 18.6 Å². The molecule has 114 valence electrons. The number of carbonyl (C=O) groups excluding carboxylic acids is 1. The van der Waals surface area contributed by atoms with Crippen LogP contribution in [-0.2, 0) is 0 Å². The summed E-state index contributed by atoms with van der Waals surface area (Å²) in [5, 5.41) is 0. The molecule has 1 unspecified atom stereocenters. The molecule has 2 fully saturated rings. The van der Waals surface area contributed by atoms with Gasteiger partial charge in [-0.25, -0.2) is 0 Å². The number of amides is 1. The third-order valence-corrected chi connectivity index (χ3v) is 4.67. The molecule has 2 aliphatic rings. The van der Waals surface area contributed by atoms with Gasteiger partial charge >= 0.3 is 0 Å². The standard InChI is InChI=1S/C16H24N4O/c17-18-15-7-3-2-6-14(15)16(21)20-11-8-13(12-20)19-9-4-1-5-10-19/h2-3,6-7,13,18H,1,4-5,8-12,17H2. The van der Waals surface area contributed by atoms with E-state index < -0.39 is 0 Å². The third-order valence-electron chi connectivity index (χ3n) is 4.67. The smallest absolute Gasteiger partial charge is 0.256 e. The van der Waals surface area contributed by atoms with Crippen molar-refractivity contribution in [3.63, 3.8) is 0 Å². The molecule has 5 heteroatoms. The van der Waals surface area contributed by atoms with Crippen LogP contribution >= 0.6 is 0 Å². The van der Waals surface area contributed by atoms with Crippen molar-refractivity contribution in [2.24, 2.45) is 5.84 Å². The van der Waals surface area contributed by atoms with Crippen LogP contribution in [0.3, 0.4) is 0 Å². The number of likely N-dealkylation sites (tertiary alicyclic amines) is 2. The Kier molecular flexibility index (Phi) is 4.41. The monoisotopic (exact) mass is 288 g/mol. The average molecular weight is 288 g/mol. The highest BCUT2D eigenvalue weighted by Gasteiger charge is 2.31. The SMILES string of the molecule is NNc1ccccc1C(=O)N1CCC(N2CCCCC2)C1. The summed E-state index contributed by atoms with van der Waals surface area (Å²) < 4.78 is 0. The van der Waals surface area contributed by atoms with Crippen molar-refractivity contribution in [2.75, 3.05) is 31.6 Å². The summed E-state index contributed by atoms with van der Waals surface area (Å²) in [7, 11) is 0. The highest BCUT2D eigenvalue weighted by molar-refractivity contribution is 5.99. The largest absolute Gasteiger partial charge is 0.337 e. The molecular formula is C16H24N4O. The maximum absolute atomic E-state index is 12.7. The highest BCUT2D eigenvalue weighted by atomic mass is 16.2. The third kappa shape index (κ3) is 3.04. The first kappa shape index (κ1) is 14.4. The number of para-hydroxylation sites is 1. The van der Waals surface area contributed by atoms with Gasteiger partial charge in [0.05, 0.1) is 11.3 Å². The Hall–Kier alpha value is -1.59. The van der Waals surface area contributed by atoms with Crippen molar-refractivity contribution >= 4 is 11.6 Å². The van der Waals surface area contributed by atoms with Crippen LogP contribution in [0.2, 0.25) is 0 Å². The lowest BCUT2D eigenvalue weighted by molar-refractivity contribution is 0.0772. The molecular weight excluding hydrogens is 264 g/mol. The van der Waals surface area contributed by atoms with Crippen LogP contribution < -0.4 is 11.3 Å². The maximum atomic E-state index is 12.7. The summed E-state index contributed by atoms with van der Waals surface area (Å²) in [5.74, 6) is 5.59. The second kappa shape index (κ2) is 6.45. The van der Waals surface area contributed by atoms with E-state index >= 15 is 0 Å². The van der Waals surface area contributed by atoms with E-state index in [1.165, 1.54) is 32.4 Å². The summed E-state index contributed by atoms with van der Waals surface area (Å²) in [6.45, 7) is 4.07. The molecule has 2 aliphatic heterocycles. The van der Waals surface area contributed by atoms with Crippen LogP contribution in [0, 0.1) is 0 Å². The number of rotatable bonds is 3. The lowest BCUT2D eigenvalue weighted by Gasteiger charge is -2.32. The fourth-order valence-electron chi connectivity index (χ4n) is 3.47. The molecule has 3 N–H and O–H groups in total. The Morgan fingerprint density at radius 1 is 1.14 bits per heavy atom. The van der Waals surface area contributed by atoms with Crippen molar-refractivity contribution in [2.45, 2.75) is 31.7 Å². The van der Waals surface area contributed by atoms with Crippen LogP contribution in [0.15, 0.2) is 24.3 Å². The van der Waals surface area contributed by atoms with Crippen LogP contribution in [0.1, 0.15) is 36.0 Å². The van der Waals surface area contributed by atoms with Gasteiger partial charge in [-0.05, 0) is 44.5 Å². The summed E-state index contributed by atoms with van der Waals surface area (Å²) in [6, 6.07) is 7.97. The molecule has 1 amide bonds. The second-order valence-corrected chi connectivity index (χ2v) is 5.98. The second-order valence-electron chi connectivity index (χ2n) is 5.98. The Morgan fingerprint density at radius 3 is 2.67 bits per heavy atom. The van der Waals surface area contributed by atoms with Gasteiger partial charge in [0.25, 0.3) is 5.91 Å². The van der Waals surface area contributed by atoms with E-state index in [2.05, 4.69) is 10.3 Å². The number of hydrogen-bond acceptors (Lipinski definition) is 4. The molecule has 0 saturated carbocycles. The van der Waals surface area contributed by atoms with Crippen molar-refractivity contribution in [1.82, 2.24) is 9.80 Å². The molecule has 0 aromatic heterocycles. The number of nitrogens with zero attached hydrogens (tertiary/aromatic N) is 2. The number of carbonyl (C=O) groups is 1. The Labute approximate surface area is 126 Å². The molecule has 2 saturated heterocycles. The van der Waals surface area contributed by atoms with Gasteiger partial charge in [0.2, 0.25) is 0 Å². The van der Waals surface area contributed by atoms with Crippen molar-refractivity contribution in [1.29, 1.82) is 0 Å². The predicted molar refractivity (Wildman–Crippen MR) is 84.0 cm³/mol. The van der Waals surface area contributed by atoms with E-state index in [0.29, 0.717) is 17.3 Å². The van der Waals surface area contributed by atoms with Crippen molar-refractivity contribution in [3.05, 3.63) is 29.8 Å². The number of anilines is 1. The zero-order valence-corrected chi connectivity index (χ0v) is 12.4. The molecule has 0 aliphatic carbocycles. The summed E-state index contributed by atoms with van der Waals surface area (Å²) >= 11 is 0. The number of nitrogens with one attached hydrogen (secondary N) is 1. The van der Waals surface area contributed by atoms with E-state index in [1.54, 1.807) is 0 Å². The van der Waals surface area contributed by atoms with Crippen LogP contribution in [0.4, 0.5) is 5.69 Å². The van der Waals surface area contributed by atoms with E-state index in [1.807, 2.05) is 29.2 Å². The minimum absolute atomic E-state index is 0.0862. The molecule has 1 aromatic rings. The molecule has 0 spiro atoms. The van der Waals surface area contributed by atoms with E-state index in [-0.39, 0.29) is 5.91 Å². The van der Waals surface area contributed by atoms with Crippen LogP contribution in [-0.4, -0.2) is 47.9 Å². The number of piperidine rings is 1. The maximum Gasteiger partial charge on any atom is 0.256 e. The zero-order valence-electron chi connectivity index (χ0n) is 12.4. The lowest BCUT2D eigenvalue weighted by atomic mass is 10.1. The van der Waals surface area contributed by atoms with E-state index in [0.717, 1.165) is 19.5 Å². The molecule has 0 radical (unpaired) electrons. The predicted octanol–water partition coefficient (Wildman–Crippen LogP) is 1.67. The van der Waals surface area contributed by atoms with E-state index in [4.69, 9.17) is 5.84 Å². The van der Waals surface area contributed by atoms with Crippen LogP contribution in [0.5, 0.6) is 0 Å². The van der Waals surface area contributed by atoms with Gasteiger partial charge in [0.1, 0.15) is 0 Å².